The second-order valence-corrected chi connectivity index (χ2v) is 7.15. The Balaban J connectivity index is 1.32. The van der Waals surface area contributed by atoms with E-state index in [4.69, 9.17) is 4.74 Å². The summed E-state index contributed by atoms with van der Waals surface area (Å²) in [6.45, 7) is -0.0197. The Morgan fingerprint density at radius 2 is 1.72 bits per heavy atom. The average Bonchev–Trinajstić information content (AvgIpc) is 3.19. The van der Waals surface area contributed by atoms with Crippen molar-refractivity contribution >= 4 is 17.7 Å². The van der Waals surface area contributed by atoms with Crippen molar-refractivity contribution in [1.29, 1.82) is 0 Å². The Kier molecular flexibility index (Phi) is 7.11. The van der Waals surface area contributed by atoms with Crippen LogP contribution < -0.4 is 5.32 Å². The van der Waals surface area contributed by atoms with E-state index in [9.17, 15) is 18.8 Å². The number of hydrogen-bond donors (Lipinski definition) is 1. The number of aryl methyl sites for hydroxylation is 2. The van der Waals surface area contributed by atoms with Crippen molar-refractivity contribution in [2.24, 2.45) is 0 Å². The van der Waals surface area contributed by atoms with Crippen LogP contribution in [0.1, 0.15) is 46.3 Å². The van der Waals surface area contributed by atoms with Gasteiger partial charge in [0.05, 0.1) is 6.42 Å². The maximum Gasteiger partial charge on any atom is 0.306 e. The Morgan fingerprint density at radius 3 is 2.52 bits per heavy atom. The largest absolute Gasteiger partial charge is 0.456 e. The van der Waals surface area contributed by atoms with E-state index < -0.39 is 11.9 Å². The molecule has 2 aromatic rings. The van der Waals surface area contributed by atoms with Crippen molar-refractivity contribution in [3.05, 3.63) is 70.5 Å². The van der Waals surface area contributed by atoms with Gasteiger partial charge in [0.25, 0.3) is 5.91 Å². The molecule has 1 N–H and O–H groups in total. The number of ketones is 1. The monoisotopic (exact) mass is 397 g/mol. The number of Topliss-reactive ketones (excluding diaryl/α,β-unsaturated/α-hetero) is 1. The molecule has 29 heavy (non-hydrogen) atoms. The van der Waals surface area contributed by atoms with E-state index in [-0.39, 0.29) is 31.0 Å². The van der Waals surface area contributed by atoms with Gasteiger partial charge in [0.2, 0.25) is 0 Å². The first-order valence-electron chi connectivity index (χ1n) is 9.83. The first-order chi connectivity index (χ1) is 14.0. The minimum Gasteiger partial charge on any atom is -0.456 e. The Morgan fingerprint density at radius 1 is 0.966 bits per heavy atom. The Hall–Kier alpha value is -3.02. The third-order valence-corrected chi connectivity index (χ3v) is 4.99. The molecule has 0 saturated carbocycles. The van der Waals surface area contributed by atoms with Gasteiger partial charge in [0, 0.05) is 18.5 Å². The van der Waals surface area contributed by atoms with Crippen LogP contribution in [0.25, 0.3) is 0 Å². The molecule has 0 bridgehead atoms. The van der Waals surface area contributed by atoms with Crippen LogP contribution in [0.4, 0.5) is 4.39 Å². The lowest BCUT2D eigenvalue weighted by Gasteiger charge is -2.07. The number of amides is 1. The number of nitrogens with one attached hydrogen (secondary N) is 1. The first kappa shape index (κ1) is 20.7. The summed E-state index contributed by atoms with van der Waals surface area (Å²) in [6, 6.07) is 11.8. The Labute approximate surface area is 169 Å². The van der Waals surface area contributed by atoms with Gasteiger partial charge >= 0.3 is 5.97 Å². The molecule has 0 saturated heterocycles. The van der Waals surface area contributed by atoms with Crippen LogP contribution in [-0.4, -0.2) is 30.8 Å². The first-order valence-corrected chi connectivity index (χ1v) is 9.83. The van der Waals surface area contributed by atoms with E-state index >= 15 is 0 Å². The number of carbonyl (C=O) groups excluding carboxylic acids is 3. The van der Waals surface area contributed by atoms with Gasteiger partial charge in [0.1, 0.15) is 5.82 Å². The molecule has 3 rings (SSSR count). The van der Waals surface area contributed by atoms with E-state index in [0.29, 0.717) is 18.5 Å². The van der Waals surface area contributed by atoms with Gasteiger partial charge in [0.15, 0.2) is 12.4 Å². The zero-order chi connectivity index (χ0) is 20.6. The summed E-state index contributed by atoms with van der Waals surface area (Å²) in [5.41, 5.74) is 4.04. The highest BCUT2D eigenvalue weighted by molar-refractivity contribution is 5.98. The summed E-state index contributed by atoms with van der Waals surface area (Å²) in [6.07, 6.45) is 3.72. The quantitative estimate of drug-likeness (QED) is 0.521. The maximum atomic E-state index is 12.8. The predicted molar refractivity (Wildman–Crippen MR) is 106 cm³/mol. The predicted octanol–water partition coefficient (Wildman–Crippen LogP) is 3.18. The van der Waals surface area contributed by atoms with Crippen LogP contribution in [-0.2, 0) is 33.6 Å². The van der Waals surface area contributed by atoms with Crippen molar-refractivity contribution in [1.82, 2.24) is 5.32 Å². The number of esters is 1. The van der Waals surface area contributed by atoms with Crippen LogP contribution >= 0.6 is 0 Å². The molecular formula is C23H24FNO4. The number of halogens is 1. The fourth-order valence-electron chi connectivity index (χ4n) is 3.37. The number of benzene rings is 2. The van der Waals surface area contributed by atoms with Crippen LogP contribution in [0, 0.1) is 5.82 Å². The van der Waals surface area contributed by atoms with E-state index in [1.165, 1.54) is 23.3 Å². The minimum atomic E-state index is -0.576. The molecule has 0 fully saturated rings. The number of hydrogen-bond acceptors (Lipinski definition) is 4. The molecular weight excluding hydrogens is 373 g/mol. The number of rotatable bonds is 9. The van der Waals surface area contributed by atoms with Gasteiger partial charge in [-0.05, 0) is 60.6 Å². The topological polar surface area (TPSA) is 72.5 Å². The molecule has 6 heteroatoms. The second-order valence-electron chi connectivity index (χ2n) is 7.15. The lowest BCUT2D eigenvalue weighted by Crippen LogP contribution is -2.30. The standard InChI is InChI=1S/C23H24FNO4/c24-20-8-4-16(5-9-20)12-13-25-22(27)15-29-23(28)11-10-21(26)19-7-6-17-2-1-3-18(17)14-19/h4-9,14H,1-3,10-13,15H2,(H,25,27). The molecule has 5 nitrogen and oxygen atoms in total. The minimum absolute atomic E-state index is 0.0568. The summed E-state index contributed by atoms with van der Waals surface area (Å²) >= 11 is 0. The molecule has 0 atom stereocenters. The summed E-state index contributed by atoms with van der Waals surface area (Å²) < 4.78 is 17.8. The van der Waals surface area contributed by atoms with Crippen LogP contribution in [0.3, 0.4) is 0 Å². The van der Waals surface area contributed by atoms with Crippen molar-refractivity contribution < 1.29 is 23.5 Å². The highest BCUT2D eigenvalue weighted by atomic mass is 19.1. The zero-order valence-electron chi connectivity index (χ0n) is 16.2. The molecule has 1 aliphatic rings. The molecule has 0 aliphatic heterocycles. The van der Waals surface area contributed by atoms with Crippen molar-refractivity contribution in [3.63, 3.8) is 0 Å². The van der Waals surface area contributed by atoms with Crippen LogP contribution in [0.2, 0.25) is 0 Å². The Bertz CT molecular complexity index is 892. The number of carbonyl (C=O) groups is 3. The van der Waals surface area contributed by atoms with Crippen molar-refractivity contribution in [3.8, 4) is 0 Å². The van der Waals surface area contributed by atoms with Gasteiger partial charge in [-0.3, -0.25) is 14.4 Å². The smallest absolute Gasteiger partial charge is 0.306 e. The molecule has 0 aromatic heterocycles. The van der Waals surface area contributed by atoms with Gasteiger partial charge in [-0.2, -0.15) is 0 Å². The molecule has 0 unspecified atom stereocenters. The molecule has 1 amide bonds. The third kappa shape index (κ3) is 6.24. The van der Waals surface area contributed by atoms with E-state index in [1.54, 1.807) is 12.1 Å². The van der Waals surface area contributed by atoms with Crippen LogP contribution in [0.5, 0.6) is 0 Å². The third-order valence-electron chi connectivity index (χ3n) is 4.99. The lowest BCUT2D eigenvalue weighted by atomic mass is 10.0. The maximum absolute atomic E-state index is 12.8. The molecule has 152 valence electrons. The molecule has 2 aromatic carbocycles. The molecule has 0 spiro atoms. The van der Waals surface area contributed by atoms with E-state index in [0.717, 1.165) is 24.8 Å². The summed E-state index contributed by atoms with van der Waals surface area (Å²) in [5.74, 6) is -1.39. The molecule has 0 radical (unpaired) electrons. The van der Waals surface area contributed by atoms with Gasteiger partial charge in [-0.15, -0.1) is 0 Å². The van der Waals surface area contributed by atoms with E-state index in [2.05, 4.69) is 5.32 Å². The van der Waals surface area contributed by atoms with Crippen molar-refractivity contribution in [2.75, 3.05) is 13.2 Å². The highest BCUT2D eigenvalue weighted by Crippen LogP contribution is 2.23. The fourth-order valence-corrected chi connectivity index (χ4v) is 3.37. The summed E-state index contributed by atoms with van der Waals surface area (Å²) in [7, 11) is 0. The van der Waals surface area contributed by atoms with Crippen LogP contribution in [0.15, 0.2) is 42.5 Å². The van der Waals surface area contributed by atoms with Gasteiger partial charge < -0.3 is 10.1 Å². The van der Waals surface area contributed by atoms with E-state index in [1.807, 2.05) is 18.2 Å². The fraction of sp³-hybridized carbons (Fsp3) is 0.348. The molecule has 0 heterocycles. The summed E-state index contributed by atoms with van der Waals surface area (Å²) in [5, 5.41) is 2.64. The highest BCUT2D eigenvalue weighted by Gasteiger charge is 2.15. The lowest BCUT2D eigenvalue weighted by molar-refractivity contribution is -0.148. The van der Waals surface area contributed by atoms with Crippen molar-refractivity contribution in [2.45, 2.75) is 38.5 Å². The normalized spacial score (nSPS) is 12.3. The SMILES string of the molecule is O=C(COC(=O)CCC(=O)c1ccc2c(c1)CCC2)NCCc1ccc(F)cc1. The second kappa shape index (κ2) is 9.96. The summed E-state index contributed by atoms with van der Waals surface area (Å²) in [4.78, 5) is 35.8. The molecule has 1 aliphatic carbocycles. The number of fused-ring (bicyclic) bond motifs is 1. The zero-order valence-corrected chi connectivity index (χ0v) is 16.2. The van der Waals surface area contributed by atoms with Gasteiger partial charge in [-0.1, -0.05) is 24.3 Å². The van der Waals surface area contributed by atoms with Gasteiger partial charge in [-0.25, -0.2) is 4.39 Å². The average molecular weight is 397 g/mol. The number of ether oxygens (including phenoxy) is 1.